The Labute approximate surface area is 117 Å². The average molecular weight is 279 g/mol. The summed E-state index contributed by atoms with van der Waals surface area (Å²) in [5, 5.41) is 3.19. The molecular weight excluding hydrogens is 261 g/mol. The maximum atomic E-state index is 13.7. The van der Waals surface area contributed by atoms with Crippen LogP contribution in [0.15, 0.2) is 30.6 Å². The molecule has 0 atom stereocenters. The first kappa shape index (κ1) is 14.3. The number of benzene rings is 1. The van der Waals surface area contributed by atoms with E-state index in [2.05, 4.69) is 10.3 Å². The highest BCUT2D eigenvalue weighted by Gasteiger charge is 2.08. The molecule has 108 valence electrons. The summed E-state index contributed by atoms with van der Waals surface area (Å²) in [6, 6.07) is 4.80. The van der Waals surface area contributed by atoms with Gasteiger partial charge in [-0.25, -0.2) is 9.37 Å². The maximum Gasteiger partial charge on any atom is 0.207 e. The van der Waals surface area contributed by atoms with Crippen molar-refractivity contribution in [2.24, 2.45) is 0 Å². The number of hydrogen-bond acceptors (Lipinski definition) is 4. The SMILES string of the molecule is COCCCNc1nccn1-c1ccc(OC)c(F)c1. The van der Waals surface area contributed by atoms with Crippen molar-refractivity contribution in [1.82, 2.24) is 9.55 Å². The summed E-state index contributed by atoms with van der Waals surface area (Å²) in [7, 11) is 3.11. The van der Waals surface area contributed by atoms with Crippen LogP contribution in [0.25, 0.3) is 5.69 Å². The lowest BCUT2D eigenvalue weighted by molar-refractivity contribution is 0.197. The van der Waals surface area contributed by atoms with Gasteiger partial charge in [-0.15, -0.1) is 0 Å². The molecule has 0 aliphatic carbocycles. The van der Waals surface area contributed by atoms with Gasteiger partial charge >= 0.3 is 0 Å². The van der Waals surface area contributed by atoms with E-state index in [9.17, 15) is 4.39 Å². The van der Waals surface area contributed by atoms with Crippen LogP contribution in [0.4, 0.5) is 10.3 Å². The minimum atomic E-state index is -0.399. The monoisotopic (exact) mass is 279 g/mol. The molecule has 20 heavy (non-hydrogen) atoms. The van der Waals surface area contributed by atoms with Crippen LogP contribution in [0, 0.1) is 5.82 Å². The van der Waals surface area contributed by atoms with Gasteiger partial charge in [0.2, 0.25) is 5.95 Å². The summed E-state index contributed by atoms with van der Waals surface area (Å²) in [4.78, 5) is 4.22. The van der Waals surface area contributed by atoms with Gasteiger partial charge in [0.25, 0.3) is 0 Å². The van der Waals surface area contributed by atoms with E-state index in [-0.39, 0.29) is 5.75 Å². The van der Waals surface area contributed by atoms with Crippen molar-refractivity contribution in [1.29, 1.82) is 0 Å². The van der Waals surface area contributed by atoms with E-state index in [4.69, 9.17) is 9.47 Å². The number of aromatic nitrogens is 2. The number of rotatable bonds is 7. The quantitative estimate of drug-likeness (QED) is 0.791. The second kappa shape index (κ2) is 6.91. The van der Waals surface area contributed by atoms with Crippen LogP contribution in [0.5, 0.6) is 5.75 Å². The van der Waals surface area contributed by atoms with Crippen molar-refractivity contribution in [2.45, 2.75) is 6.42 Å². The molecule has 0 radical (unpaired) electrons. The number of hydrogen-bond donors (Lipinski definition) is 1. The van der Waals surface area contributed by atoms with Crippen LogP contribution < -0.4 is 10.1 Å². The largest absolute Gasteiger partial charge is 0.494 e. The first-order valence-electron chi connectivity index (χ1n) is 6.36. The highest BCUT2D eigenvalue weighted by atomic mass is 19.1. The molecule has 0 saturated heterocycles. The molecule has 0 fully saturated rings. The van der Waals surface area contributed by atoms with Gasteiger partial charge in [0, 0.05) is 38.7 Å². The molecule has 6 heteroatoms. The fourth-order valence-electron chi connectivity index (χ4n) is 1.86. The topological polar surface area (TPSA) is 48.3 Å². The predicted molar refractivity (Wildman–Crippen MR) is 75.1 cm³/mol. The van der Waals surface area contributed by atoms with Gasteiger partial charge in [-0.1, -0.05) is 0 Å². The van der Waals surface area contributed by atoms with Crippen LogP contribution in [0.1, 0.15) is 6.42 Å². The number of nitrogens with zero attached hydrogens (tertiary/aromatic N) is 2. The Morgan fingerprint density at radius 2 is 2.20 bits per heavy atom. The number of methoxy groups -OCH3 is 2. The maximum absolute atomic E-state index is 13.7. The molecule has 0 bridgehead atoms. The summed E-state index contributed by atoms with van der Waals surface area (Å²) in [6.07, 6.45) is 4.32. The van der Waals surface area contributed by atoms with Crippen LogP contribution >= 0.6 is 0 Å². The fourth-order valence-corrected chi connectivity index (χ4v) is 1.86. The molecular formula is C14H18FN3O2. The molecule has 0 amide bonds. The van der Waals surface area contributed by atoms with Crippen LogP contribution in [-0.2, 0) is 4.74 Å². The van der Waals surface area contributed by atoms with Crippen molar-refractivity contribution in [3.05, 3.63) is 36.4 Å². The van der Waals surface area contributed by atoms with Crippen molar-refractivity contribution in [3.63, 3.8) is 0 Å². The molecule has 2 rings (SSSR count). The molecule has 0 aliphatic rings. The van der Waals surface area contributed by atoms with E-state index in [1.807, 2.05) is 0 Å². The van der Waals surface area contributed by atoms with Crippen molar-refractivity contribution < 1.29 is 13.9 Å². The van der Waals surface area contributed by atoms with E-state index in [1.54, 1.807) is 36.2 Å². The van der Waals surface area contributed by atoms with E-state index in [0.717, 1.165) is 13.0 Å². The van der Waals surface area contributed by atoms with E-state index >= 15 is 0 Å². The Hall–Kier alpha value is -2.08. The Kier molecular flexibility index (Phi) is 4.95. The van der Waals surface area contributed by atoms with Crippen LogP contribution in [-0.4, -0.2) is 36.9 Å². The summed E-state index contributed by atoms with van der Waals surface area (Å²) in [6.45, 7) is 1.42. The highest BCUT2D eigenvalue weighted by Crippen LogP contribution is 2.22. The van der Waals surface area contributed by atoms with Crippen LogP contribution in [0.3, 0.4) is 0 Å². The van der Waals surface area contributed by atoms with E-state index in [1.165, 1.54) is 13.2 Å². The minimum Gasteiger partial charge on any atom is -0.494 e. The third-order valence-corrected chi connectivity index (χ3v) is 2.86. The lowest BCUT2D eigenvalue weighted by atomic mass is 10.3. The molecule has 0 saturated carbocycles. The number of ether oxygens (including phenoxy) is 2. The second-order valence-corrected chi connectivity index (χ2v) is 4.21. The van der Waals surface area contributed by atoms with Crippen molar-refractivity contribution in [3.8, 4) is 11.4 Å². The molecule has 1 aromatic carbocycles. The first-order valence-corrected chi connectivity index (χ1v) is 6.36. The lowest BCUT2D eigenvalue weighted by Gasteiger charge is -2.11. The third-order valence-electron chi connectivity index (χ3n) is 2.86. The molecule has 0 spiro atoms. The lowest BCUT2D eigenvalue weighted by Crippen LogP contribution is -2.09. The van der Waals surface area contributed by atoms with Crippen molar-refractivity contribution >= 4 is 5.95 Å². The summed E-state index contributed by atoms with van der Waals surface area (Å²) < 4.78 is 25.4. The minimum absolute atomic E-state index is 0.225. The highest BCUT2D eigenvalue weighted by molar-refractivity contribution is 5.44. The number of halogens is 1. The molecule has 1 heterocycles. The van der Waals surface area contributed by atoms with Gasteiger partial charge in [-0.3, -0.25) is 4.57 Å². The standard InChI is InChI=1S/C14H18FN3O2/c1-19-9-3-6-16-14-17-7-8-18(14)11-4-5-13(20-2)12(15)10-11/h4-5,7-8,10H,3,6,9H2,1-2H3,(H,16,17). The van der Waals surface area contributed by atoms with Gasteiger partial charge in [-0.2, -0.15) is 0 Å². The van der Waals surface area contributed by atoms with E-state index < -0.39 is 5.82 Å². The summed E-state index contributed by atoms with van der Waals surface area (Å²) in [5.41, 5.74) is 0.690. The number of nitrogens with one attached hydrogen (secondary N) is 1. The fraction of sp³-hybridized carbons (Fsp3) is 0.357. The number of imidazole rings is 1. The predicted octanol–water partition coefficient (Wildman–Crippen LogP) is 2.47. The zero-order chi connectivity index (χ0) is 14.4. The van der Waals surface area contributed by atoms with Gasteiger partial charge in [0.1, 0.15) is 0 Å². The first-order chi connectivity index (χ1) is 9.76. The van der Waals surface area contributed by atoms with Crippen LogP contribution in [0.2, 0.25) is 0 Å². The van der Waals surface area contributed by atoms with Gasteiger partial charge < -0.3 is 14.8 Å². The second-order valence-electron chi connectivity index (χ2n) is 4.21. The molecule has 0 unspecified atom stereocenters. The normalized spacial score (nSPS) is 10.6. The Bertz CT molecular complexity index is 557. The Morgan fingerprint density at radius 3 is 2.90 bits per heavy atom. The molecule has 1 N–H and O–H groups in total. The molecule has 1 aromatic heterocycles. The molecule has 2 aromatic rings. The third kappa shape index (κ3) is 3.27. The van der Waals surface area contributed by atoms with Gasteiger partial charge in [-0.05, 0) is 18.6 Å². The zero-order valence-corrected chi connectivity index (χ0v) is 11.6. The average Bonchev–Trinajstić information content (AvgIpc) is 2.92. The molecule has 5 nitrogen and oxygen atoms in total. The Balaban J connectivity index is 2.13. The van der Waals surface area contributed by atoms with E-state index in [0.29, 0.717) is 18.2 Å². The zero-order valence-electron chi connectivity index (χ0n) is 11.6. The van der Waals surface area contributed by atoms with Gasteiger partial charge in [0.15, 0.2) is 11.6 Å². The summed E-state index contributed by atoms with van der Waals surface area (Å²) in [5.74, 6) is 0.498. The number of anilines is 1. The summed E-state index contributed by atoms with van der Waals surface area (Å²) >= 11 is 0. The smallest absolute Gasteiger partial charge is 0.207 e. The van der Waals surface area contributed by atoms with Gasteiger partial charge in [0.05, 0.1) is 12.8 Å². The molecule has 0 aliphatic heterocycles. The van der Waals surface area contributed by atoms with Crippen molar-refractivity contribution in [2.75, 3.05) is 32.7 Å². The Morgan fingerprint density at radius 1 is 1.35 bits per heavy atom.